The molecule has 9 N–H and O–H groups in total. The van der Waals surface area contributed by atoms with E-state index in [4.69, 9.17) is 22.9 Å². The summed E-state index contributed by atoms with van der Waals surface area (Å²) in [4.78, 5) is 7.91. The number of nitrogens with two attached hydrogens (primary N) is 4. The summed E-state index contributed by atoms with van der Waals surface area (Å²) in [6, 6.07) is 14.8. The second-order valence-electron chi connectivity index (χ2n) is 4.29. The van der Waals surface area contributed by atoms with Crippen LogP contribution in [0.5, 0.6) is 0 Å². The minimum absolute atomic E-state index is 0. The van der Waals surface area contributed by atoms with E-state index in [0.717, 1.165) is 11.4 Å². The molecule has 0 heterocycles. The summed E-state index contributed by atoms with van der Waals surface area (Å²) in [5.74, 6) is 0.0667. The number of halogens is 2. The van der Waals surface area contributed by atoms with Crippen molar-refractivity contribution in [2.75, 3.05) is 5.32 Å². The van der Waals surface area contributed by atoms with Crippen LogP contribution in [0.25, 0.3) is 0 Å². The molecule has 7 nitrogen and oxygen atoms in total. The fourth-order valence-corrected chi connectivity index (χ4v) is 1.70. The van der Waals surface area contributed by atoms with E-state index in [1.807, 2.05) is 48.5 Å². The van der Waals surface area contributed by atoms with Gasteiger partial charge >= 0.3 is 0 Å². The molecule has 0 fully saturated rings. The van der Waals surface area contributed by atoms with Gasteiger partial charge in [0.1, 0.15) is 0 Å². The van der Waals surface area contributed by atoms with Crippen molar-refractivity contribution < 1.29 is 0 Å². The lowest BCUT2D eigenvalue weighted by atomic mass is 10.2. The maximum absolute atomic E-state index is 5.32. The largest absolute Gasteiger partial charge is 0.370 e. The predicted molar refractivity (Wildman–Crippen MR) is 102 cm³/mol. The van der Waals surface area contributed by atoms with Crippen LogP contribution in [0.4, 0.5) is 22.7 Å². The predicted octanol–water partition coefficient (Wildman–Crippen LogP) is 2.08. The SMILES string of the molecule is Cl.Cl.NC(N)=Nc1ccc(Nc2ccc(N=C(N)N)cc2)cc1. The molecule has 0 spiro atoms. The quantitative estimate of drug-likeness (QED) is 0.421. The van der Waals surface area contributed by atoms with E-state index in [0.29, 0.717) is 11.4 Å². The van der Waals surface area contributed by atoms with E-state index >= 15 is 0 Å². The summed E-state index contributed by atoms with van der Waals surface area (Å²) in [6.45, 7) is 0. The van der Waals surface area contributed by atoms with Crippen LogP contribution < -0.4 is 28.3 Å². The van der Waals surface area contributed by atoms with Crippen LogP contribution >= 0.6 is 24.8 Å². The molecule has 0 atom stereocenters. The van der Waals surface area contributed by atoms with Crippen LogP contribution in [0.3, 0.4) is 0 Å². The molecule has 0 saturated heterocycles. The average molecular weight is 356 g/mol. The lowest BCUT2D eigenvalue weighted by molar-refractivity contribution is 1.41. The van der Waals surface area contributed by atoms with Crippen molar-refractivity contribution in [3.63, 3.8) is 0 Å². The van der Waals surface area contributed by atoms with Gasteiger partial charge in [-0.15, -0.1) is 24.8 Å². The Hall–Kier alpha value is -2.64. The van der Waals surface area contributed by atoms with Crippen LogP contribution in [0.15, 0.2) is 58.5 Å². The highest BCUT2D eigenvalue weighted by atomic mass is 35.5. The summed E-state index contributed by atoms with van der Waals surface area (Å²) in [7, 11) is 0. The molecule has 2 aromatic carbocycles. The van der Waals surface area contributed by atoms with Gasteiger partial charge in [0.25, 0.3) is 0 Å². The van der Waals surface area contributed by atoms with Gasteiger partial charge in [0.2, 0.25) is 0 Å². The first-order chi connectivity index (χ1) is 10.0. The molecule has 0 aliphatic carbocycles. The third-order valence-corrected chi connectivity index (χ3v) is 2.54. The zero-order valence-electron chi connectivity index (χ0n) is 12.1. The number of aliphatic imine (C=N–C) groups is 2. The number of rotatable bonds is 4. The van der Waals surface area contributed by atoms with Crippen LogP contribution in [0.2, 0.25) is 0 Å². The average Bonchev–Trinajstić information content (AvgIpc) is 2.42. The Kier molecular flexibility index (Phi) is 8.31. The normalized spacial score (nSPS) is 8.87. The number of hydrogen-bond acceptors (Lipinski definition) is 3. The standard InChI is InChI=1S/C14H17N7.2ClH/c15-13(16)20-11-5-1-9(2-6-11)19-10-3-7-12(8-4-10)21-14(17)18;;/h1-8,19H,(H4,15,16,20)(H4,17,18,21);2*1H. The Morgan fingerprint density at radius 1 is 0.609 bits per heavy atom. The Morgan fingerprint density at radius 2 is 0.913 bits per heavy atom. The maximum atomic E-state index is 5.32. The van der Waals surface area contributed by atoms with E-state index in [-0.39, 0.29) is 36.7 Å². The fraction of sp³-hybridized carbons (Fsp3) is 0. The molecule has 2 rings (SSSR count). The fourth-order valence-electron chi connectivity index (χ4n) is 1.70. The van der Waals surface area contributed by atoms with Gasteiger partial charge in [-0.2, -0.15) is 0 Å². The summed E-state index contributed by atoms with van der Waals surface area (Å²) in [6.07, 6.45) is 0. The van der Waals surface area contributed by atoms with Gasteiger partial charge in [-0.25, -0.2) is 9.98 Å². The van der Waals surface area contributed by atoms with Crippen molar-refractivity contribution in [3.05, 3.63) is 48.5 Å². The van der Waals surface area contributed by atoms with Gasteiger partial charge in [0.15, 0.2) is 11.9 Å². The molecule has 0 aliphatic rings. The molecule has 124 valence electrons. The van der Waals surface area contributed by atoms with Crippen LogP contribution in [-0.4, -0.2) is 11.9 Å². The highest BCUT2D eigenvalue weighted by molar-refractivity contribution is 5.85. The topological polar surface area (TPSA) is 141 Å². The van der Waals surface area contributed by atoms with Crippen molar-refractivity contribution in [2.45, 2.75) is 0 Å². The van der Waals surface area contributed by atoms with Crippen molar-refractivity contribution in [1.29, 1.82) is 0 Å². The molecule has 0 bridgehead atoms. The first-order valence-corrected chi connectivity index (χ1v) is 6.19. The smallest absolute Gasteiger partial charge is 0.191 e. The molecule has 0 amide bonds. The number of hydrogen-bond donors (Lipinski definition) is 5. The third kappa shape index (κ3) is 6.77. The second-order valence-corrected chi connectivity index (χ2v) is 4.29. The van der Waals surface area contributed by atoms with Crippen molar-refractivity contribution >= 4 is 59.5 Å². The summed E-state index contributed by atoms with van der Waals surface area (Å²) in [5, 5.41) is 3.24. The number of benzene rings is 2. The Balaban J connectivity index is 0.00000242. The van der Waals surface area contributed by atoms with Gasteiger partial charge in [-0.05, 0) is 48.5 Å². The highest BCUT2D eigenvalue weighted by Gasteiger charge is 1.97. The summed E-state index contributed by atoms with van der Waals surface area (Å²) in [5.41, 5.74) is 24.5. The maximum Gasteiger partial charge on any atom is 0.191 e. The van der Waals surface area contributed by atoms with Crippen LogP contribution in [0.1, 0.15) is 0 Å². The molecule has 0 saturated carbocycles. The van der Waals surface area contributed by atoms with E-state index in [1.54, 1.807) is 0 Å². The van der Waals surface area contributed by atoms with Crippen molar-refractivity contribution in [1.82, 2.24) is 0 Å². The highest BCUT2D eigenvalue weighted by Crippen LogP contribution is 2.22. The number of nitrogens with zero attached hydrogens (tertiary/aromatic N) is 2. The Labute approximate surface area is 146 Å². The lowest BCUT2D eigenvalue weighted by Crippen LogP contribution is -2.21. The Bertz CT molecular complexity index is 599. The van der Waals surface area contributed by atoms with Gasteiger partial charge in [-0.3, -0.25) is 0 Å². The van der Waals surface area contributed by atoms with E-state index in [1.165, 1.54) is 0 Å². The van der Waals surface area contributed by atoms with Gasteiger partial charge in [0.05, 0.1) is 11.4 Å². The number of nitrogens with one attached hydrogen (secondary N) is 1. The molecule has 0 aromatic heterocycles. The summed E-state index contributed by atoms with van der Waals surface area (Å²) < 4.78 is 0. The minimum atomic E-state index is 0. The molecular formula is C14H19Cl2N7. The van der Waals surface area contributed by atoms with Crippen LogP contribution in [-0.2, 0) is 0 Å². The zero-order chi connectivity index (χ0) is 15.2. The molecular weight excluding hydrogens is 337 g/mol. The second kappa shape index (κ2) is 9.39. The molecule has 0 aliphatic heterocycles. The Morgan fingerprint density at radius 3 is 1.17 bits per heavy atom. The van der Waals surface area contributed by atoms with E-state index in [9.17, 15) is 0 Å². The van der Waals surface area contributed by atoms with Crippen molar-refractivity contribution in [3.8, 4) is 0 Å². The monoisotopic (exact) mass is 355 g/mol. The molecule has 23 heavy (non-hydrogen) atoms. The summed E-state index contributed by atoms with van der Waals surface area (Å²) >= 11 is 0. The third-order valence-electron chi connectivity index (χ3n) is 2.54. The van der Waals surface area contributed by atoms with Gasteiger partial charge in [-0.1, -0.05) is 0 Å². The minimum Gasteiger partial charge on any atom is -0.370 e. The lowest BCUT2D eigenvalue weighted by Gasteiger charge is -2.07. The molecule has 2 aromatic rings. The first-order valence-electron chi connectivity index (χ1n) is 6.19. The van der Waals surface area contributed by atoms with Gasteiger partial charge < -0.3 is 28.3 Å². The van der Waals surface area contributed by atoms with Crippen LogP contribution in [0, 0.1) is 0 Å². The molecule has 9 heteroatoms. The first kappa shape index (κ1) is 20.4. The van der Waals surface area contributed by atoms with Gasteiger partial charge in [0, 0.05) is 11.4 Å². The van der Waals surface area contributed by atoms with E-state index in [2.05, 4.69) is 15.3 Å². The zero-order valence-corrected chi connectivity index (χ0v) is 13.8. The molecule has 0 unspecified atom stereocenters. The number of anilines is 2. The number of guanidine groups is 2. The van der Waals surface area contributed by atoms with Crippen molar-refractivity contribution in [2.24, 2.45) is 32.9 Å². The van der Waals surface area contributed by atoms with E-state index < -0.39 is 0 Å². The molecule has 0 radical (unpaired) electrons.